The van der Waals surface area contributed by atoms with Gasteiger partial charge in [0, 0.05) is 26.0 Å². The van der Waals surface area contributed by atoms with Crippen LogP contribution >= 0.6 is 0 Å². The maximum atomic E-state index is 12.6. The fourth-order valence-electron chi connectivity index (χ4n) is 2.89. The van der Waals surface area contributed by atoms with Crippen molar-refractivity contribution in [3.05, 3.63) is 35.4 Å². The number of rotatable bonds is 5. The predicted octanol–water partition coefficient (Wildman–Crippen LogP) is 1.87. The number of ether oxygens (including phenoxy) is 1. The van der Waals surface area contributed by atoms with Gasteiger partial charge in [-0.2, -0.15) is 0 Å². The SMILES string of the molecule is COC1CC(C(=O)O)N(C(=O)C(C)Cc2ccc(C)cc2)C1. The van der Waals surface area contributed by atoms with E-state index in [1.807, 2.05) is 38.1 Å². The van der Waals surface area contributed by atoms with Crippen molar-refractivity contribution in [2.24, 2.45) is 5.92 Å². The Morgan fingerprint density at radius 1 is 1.36 bits per heavy atom. The number of carbonyl (C=O) groups is 2. The summed E-state index contributed by atoms with van der Waals surface area (Å²) in [4.78, 5) is 25.4. The summed E-state index contributed by atoms with van der Waals surface area (Å²) in [6.45, 7) is 4.22. The van der Waals surface area contributed by atoms with Gasteiger partial charge in [0.25, 0.3) is 0 Å². The third kappa shape index (κ3) is 3.65. The lowest BCUT2D eigenvalue weighted by atomic mass is 9.98. The summed E-state index contributed by atoms with van der Waals surface area (Å²) >= 11 is 0. The van der Waals surface area contributed by atoms with Crippen LogP contribution in [0.4, 0.5) is 0 Å². The molecule has 2 rings (SSSR count). The van der Waals surface area contributed by atoms with E-state index >= 15 is 0 Å². The fraction of sp³-hybridized carbons (Fsp3) is 0.529. The fourth-order valence-corrected chi connectivity index (χ4v) is 2.89. The lowest BCUT2D eigenvalue weighted by molar-refractivity contribution is -0.149. The van der Waals surface area contributed by atoms with Crippen LogP contribution in [0.1, 0.15) is 24.5 Å². The van der Waals surface area contributed by atoms with E-state index in [-0.39, 0.29) is 17.9 Å². The standard InChI is InChI=1S/C17H23NO4/c1-11-4-6-13(7-5-11)8-12(2)16(19)18-10-14(22-3)9-15(18)17(20)21/h4-7,12,14-15H,8-10H2,1-3H3,(H,20,21). The van der Waals surface area contributed by atoms with Crippen LogP contribution in [0.15, 0.2) is 24.3 Å². The van der Waals surface area contributed by atoms with Crippen molar-refractivity contribution in [2.45, 2.75) is 38.8 Å². The quantitative estimate of drug-likeness (QED) is 0.902. The number of hydrogen-bond donors (Lipinski definition) is 1. The minimum absolute atomic E-state index is 0.118. The van der Waals surface area contributed by atoms with Gasteiger partial charge in [-0.15, -0.1) is 0 Å². The molecule has 1 N–H and O–H groups in total. The van der Waals surface area contributed by atoms with E-state index in [0.29, 0.717) is 19.4 Å². The Labute approximate surface area is 130 Å². The molecule has 0 aromatic heterocycles. The number of amides is 1. The third-order valence-electron chi connectivity index (χ3n) is 4.25. The van der Waals surface area contributed by atoms with Crippen molar-refractivity contribution < 1.29 is 19.4 Å². The van der Waals surface area contributed by atoms with Crippen LogP contribution in [0, 0.1) is 12.8 Å². The van der Waals surface area contributed by atoms with Crippen LogP contribution in [0.25, 0.3) is 0 Å². The summed E-state index contributed by atoms with van der Waals surface area (Å²) in [5, 5.41) is 9.30. The number of benzene rings is 1. The first-order chi connectivity index (χ1) is 10.4. The van der Waals surface area contributed by atoms with Crippen molar-refractivity contribution in [3.63, 3.8) is 0 Å². The van der Waals surface area contributed by atoms with Crippen LogP contribution in [-0.2, 0) is 20.7 Å². The second-order valence-electron chi connectivity index (χ2n) is 6.03. The Morgan fingerprint density at radius 3 is 2.55 bits per heavy atom. The number of hydrogen-bond acceptors (Lipinski definition) is 3. The van der Waals surface area contributed by atoms with Crippen LogP contribution in [0.5, 0.6) is 0 Å². The Bertz CT molecular complexity index is 540. The number of aliphatic carboxylic acids is 1. The van der Waals surface area contributed by atoms with Gasteiger partial charge in [-0.1, -0.05) is 36.8 Å². The topological polar surface area (TPSA) is 66.8 Å². The molecule has 1 heterocycles. The molecule has 3 atom stereocenters. The number of nitrogens with zero attached hydrogens (tertiary/aromatic N) is 1. The van der Waals surface area contributed by atoms with Gasteiger partial charge in [0.05, 0.1) is 6.10 Å². The molecule has 3 unspecified atom stereocenters. The first-order valence-corrected chi connectivity index (χ1v) is 7.54. The molecule has 1 aromatic carbocycles. The monoisotopic (exact) mass is 305 g/mol. The highest BCUT2D eigenvalue weighted by atomic mass is 16.5. The van der Waals surface area contributed by atoms with Crippen LogP contribution in [-0.4, -0.2) is 47.7 Å². The molecule has 1 saturated heterocycles. The first-order valence-electron chi connectivity index (χ1n) is 7.54. The van der Waals surface area contributed by atoms with Crippen LogP contribution in [0.2, 0.25) is 0 Å². The zero-order valence-electron chi connectivity index (χ0n) is 13.3. The highest BCUT2D eigenvalue weighted by Gasteiger charge is 2.40. The molecule has 5 nitrogen and oxygen atoms in total. The largest absolute Gasteiger partial charge is 0.480 e. The summed E-state index contributed by atoms with van der Waals surface area (Å²) in [5.74, 6) is -1.33. The Morgan fingerprint density at radius 2 is 2.00 bits per heavy atom. The third-order valence-corrected chi connectivity index (χ3v) is 4.25. The van der Waals surface area contributed by atoms with Crippen molar-refractivity contribution >= 4 is 11.9 Å². The average Bonchev–Trinajstić information content (AvgIpc) is 2.93. The Kier molecular flexibility index (Phi) is 5.19. The molecule has 0 saturated carbocycles. The number of carboxylic acid groups (broad SMARTS) is 1. The Balaban J connectivity index is 2.05. The molecule has 1 amide bonds. The maximum Gasteiger partial charge on any atom is 0.326 e. The minimum Gasteiger partial charge on any atom is -0.480 e. The number of aryl methyl sites for hydroxylation is 1. The van der Waals surface area contributed by atoms with Crippen LogP contribution in [0.3, 0.4) is 0 Å². The number of likely N-dealkylation sites (tertiary alicyclic amines) is 1. The second kappa shape index (κ2) is 6.92. The van der Waals surface area contributed by atoms with E-state index < -0.39 is 12.0 Å². The molecule has 1 fully saturated rings. The molecule has 0 spiro atoms. The van der Waals surface area contributed by atoms with E-state index in [1.165, 1.54) is 10.5 Å². The van der Waals surface area contributed by atoms with E-state index in [2.05, 4.69) is 0 Å². The van der Waals surface area contributed by atoms with Crippen molar-refractivity contribution in [1.82, 2.24) is 4.90 Å². The van der Waals surface area contributed by atoms with Gasteiger partial charge in [-0.3, -0.25) is 4.79 Å². The highest BCUT2D eigenvalue weighted by Crippen LogP contribution is 2.23. The molecule has 120 valence electrons. The molecule has 0 bridgehead atoms. The van der Waals surface area contributed by atoms with E-state index in [0.717, 1.165) is 5.56 Å². The molecule has 1 aliphatic heterocycles. The molecular weight excluding hydrogens is 282 g/mol. The van der Waals surface area contributed by atoms with Crippen LogP contribution < -0.4 is 0 Å². The van der Waals surface area contributed by atoms with Gasteiger partial charge >= 0.3 is 5.97 Å². The minimum atomic E-state index is -0.963. The summed E-state index contributed by atoms with van der Waals surface area (Å²) in [5.41, 5.74) is 2.26. The molecule has 0 radical (unpaired) electrons. The van der Waals surface area contributed by atoms with E-state index in [4.69, 9.17) is 4.74 Å². The number of carbonyl (C=O) groups excluding carboxylic acids is 1. The van der Waals surface area contributed by atoms with Gasteiger partial charge in [0.2, 0.25) is 5.91 Å². The average molecular weight is 305 g/mol. The van der Waals surface area contributed by atoms with Gasteiger partial charge in [0.15, 0.2) is 0 Å². The van der Waals surface area contributed by atoms with Gasteiger partial charge in [-0.25, -0.2) is 4.79 Å². The second-order valence-corrected chi connectivity index (χ2v) is 6.03. The molecule has 1 aliphatic rings. The van der Waals surface area contributed by atoms with Gasteiger partial charge in [-0.05, 0) is 18.9 Å². The Hall–Kier alpha value is -1.88. The normalized spacial score (nSPS) is 22.6. The molecule has 5 heteroatoms. The van der Waals surface area contributed by atoms with E-state index in [1.54, 1.807) is 7.11 Å². The van der Waals surface area contributed by atoms with Crippen molar-refractivity contribution in [1.29, 1.82) is 0 Å². The highest BCUT2D eigenvalue weighted by molar-refractivity contribution is 5.85. The number of carboxylic acids is 1. The predicted molar refractivity (Wildman–Crippen MR) is 82.6 cm³/mol. The van der Waals surface area contributed by atoms with Crippen molar-refractivity contribution in [2.75, 3.05) is 13.7 Å². The molecule has 22 heavy (non-hydrogen) atoms. The molecular formula is C17H23NO4. The lowest BCUT2D eigenvalue weighted by Gasteiger charge is -2.24. The lowest BCUT2D eigenvalue weighted by Crippen LogP contribution is -2.43. The maximum absolute atomic E-state index is 12.6. The van der Waals surface area contributed by atoms with E-state index in [9.17, 15) is 14.7 Å². The summed E-state index contributed by atoms with van der Waals surface area (Å²) in [7, 11) is 1.55. The number of methoxy groups -OCH3 is 1. The zero-order valence-corrected chi connectivity index (χ0v) is 13.3. The van der Waals surface area contributed by atoms with Gasteiger partial charge in [0.1, 0.15) is 6.04 Å². The zero-order chi connectivity index (χ0) is 16.3. The first kappa shape index (κ1) is 16.5. The van der Waals surface area contributed by atoms with Crippen molar-refractivity contribution in [3.8, 4) is 0 Å². The molecule has 1 aromatic rings. The molecule has 0 aliphatic carbocycles. The summed E-state index contributed by atoms with van der Waals surface area (Å²) in [6.07, 6.45) is 0.769. The summed E-state index contributed by atoms with van der Waals surface area (Å²) in [6, 6.07) is 7.27. The van der Waals surface area contributed by atoms with Gasteiger partial charge < -0.3 is 14.7 Å². The summed E-state index contributed by atoms with van der Waals surface area (Å²) < 4.78 is 5.23. The smallest absolute Gasteiger partial charge is 0.326 e.